The van der Waals surface area contributed by atoms with Crippen LogP contribution >= 0.6 is 34.7 Å². The van der Waals surface area contributed by atoms with Crippen molar-refractivity contribution in [1.29, 1.82) is 0 Å². The monoisotopic (exact) mass is 364 g/mol. The summed E-state index contributed by atoms with van der Waals surface area (Å²) < 4.78 is 0. The predicted molar refractivity (Wildman–Crippen MR) is 99.5 cm³/mol. The van der Waals surface area contributed by atoms with Crippen LogP contribution in [0.2, 0.25) is 5.02 Å². The number of carbonyl (C=O) groups is 1. The van der Waals surface area contributed by atoms with Crippen molar-refractivity contribution in [2.75, 3.05) is 6.26 Å². The molecule has 1 heterocycles. The van der Waals surface area contributed by atoms with Gasteiger partial charge in [-0.2, -0.15) is 16.9 Å². The van der Waals surface area contributed by atoms with Gasteiger partial charge in [-0.05, 0) is 43.4 Å². The summed E-state index contributed by atoms with van der Waals surface area (Å²) in [5.41, 5.74) is 4.45. The second-order valence-corrected chi connectivity index (χ2v) is 7.89. The number of hydrogen-bond donors (Lipinski definition) is 1. The fraction of sp³-hybridized carbons (Fsp3) is 0.294. The minimum Gasteiger partial charge on any atom is -0.273 e. The molecule has 0 aliphatic heterocycles. The lowest BCUT2D eigenvalue weighted by molar-refractivity contribution is -0.122. The highest BCUT2D eigenvalue weighted by Gasteiger charge is 2.29. The summed E-state index contributed by atoms with van der Waals surface area (Å²) in [6.45, 7) is 0. The third-order valence-corrected chi connectivity index (χ3v) is 5.65. The molecule has 0 spiro atoms. The third-order valence-electron chi connectivity index (χ3n) is 3.53. The highest BCUT2D eigenvalue weighted by atomic mass is 35.5. The molecule has 0 radical (unpaired) electrons. The smallest absolute Gasteiger partial charge is 0.243 e. The maximum absolute atomic E-state index is 11.9. The minimum absolute atomic E-state index is 0.0114. The number of benzene rings is 1. The van der Waals surface area contributed by atoms with Gasteiger partial charge in [0.05, 0.1) is 4.88 Å². The van der Waals surface area contributed by atoms with Crippen LogP contribution in [0.25, 0.3) is 0 Å². The van der Waals surface area contributed by atoms with E-state index < -0.39 is 0 Å². The standard InChI is InChI=1S/C17H17ClN2OS2/c1-22-10-14-8-9-15(23-14)16(11-4-6-13(18)7-5-11)19-20-17(21)12-2-3-12/h4-9,12H,2-3,10H2,1H3,(H,20,21). The van der Waals surface area contributed by atoms with Crippen molar-refractivity contribution in [3.05, 3.63) is 56.7 Å². The first-order chi connectivity index (χ1) is 11.2. The van der Waals surface area contributed by atoms with Crippen molar-refractivity contribution in [2.24, 2.45) is 11.0 Å². The van der Waals surface area contributed by atoms with Gasteiger partial charge in [-0.1, -0.05) is 23.7 Å². The number of halogens is 1. The van der Waals surface area contributed by atoms with E-state index in [-0.39, 0.29) is 11.8 Å². The molecule has 6 heteroatoms. The normalized spacial score (nSPS) is 14.8. The summed E-state index contributed by atoms with van der Waals surface area (Å²) in [6.07, 6.45) is 4.02. The van der Waals surface area contributed by atoms with Crippen molar-refractivity contribution >= 4 is 46.3 Å². The topological polar surface area (TPSA) is 41.5 Å². The molecule has 0 bridgehead atoms. The second-order valence-electron chi connectivity index (χ2n) is 5.42. The fourth-order valence-electron chi connectivity index (χ4n) is 2.14. The first kappa shape index (κ1) is 16.6. The van der Waals surface area contributed by atoms with Crippen LogP contribution in [0.15, 0.2) is 41.5 Å². The Balaban J connectivity index is 1.89. The van der Waals surface area contributed by atoms with Gasteiger partial charge in [-0.3, -0.25) is 4.79 Å². The molecular formula is C17H17ClN2OS2. The highest BCUT2D eigenvalue weighted by molar-refractivity contribution is 7.97. The lowest BCUT2D eigenvalue weighted by Gasteiger charge is -2.06. The number of thioether (sulfide) groups is 1. The van der Waals surface area contributed by atoms with Crippen LogP contribution in [0.3, 0.4) is 0 Å². The second kappa shape index (κ2) is 7.51. The van der Waals surface area contributed by atoms with Crippen molar-refractivity contribution in [3.8, 4) is 0 Å². The largest absolute Gasteiger partial charge is 0.273 e. The molecule has 1 amide bonds. The van der Waals surface area contributed by atoms with Gasteiger partial charge in [-0.15, -0.1) is 11.3 Å². The summed E-state index contributed by atoms with van der Waals surface area (Å²) in [5, 5.41) is 5.09. The van der Waals surface area contributed by atoms with Crippen LogP contribution in [-0.2, 0) is 10.5 Å². The van der Waals surface area contributed by atoms with Crippen LogP contribution in [0, 0.1) is 5.92 Å². The minimum atomic E-state index is 0.0114. The molecule has 1 N–H and O–H groups in total. The van der Waals surface area contributed by atoms with Crippen molar-refractivity contribution < 1.29 is 4.79 Å². The number of nitrogens with one attached hydrogen (secondary N) is 1. The summed E-state index contributed by atoms with van der Waals surface area (Å²) in [5.74, 6) is 1.13. The van der Waals surface area contributed by atoms with E-state index >= 15 is 0 Å². The molecule has 23 heavy (non-hydrogen) atoms. The summed E-state index contributed by atoms with van der Waals surface area (Å²) in [4.78, 5) is 14.2. The Bertz CT molecular complexity index is 720. The van der Waals surface area contributed by atoms with Crippen LogP contribution < -0.4 is 5.43 Å². The molecule has 0 saturated heterocycles. The average molecular weight is 365 g/mol. The van der Waals surface area contributed by atoms with E-state index in [1.54, 1.807) is 23.1 Å². The summed E-state index contributed by atoms with van der Waals surface area (Å²) in [6, 6.07) is 11.7. The highest BCUT2D eigenvalue weighted by Crippen LogP contribution is 2.29. The van der Waals surface area contributed by atoms with Crippen LogP contribution in [0.4, 0.5) is 0 Å². The van der Waals surface area contributed by atoms with Gasteiger partial charge >= 0.3 is 0 Å². The van der Waals surface area contributed by atoms with Crippen molar-refractivity contribution in [2.45, 2.75) is 18.6 Å². The lowest BCUT2D eigenvalue weighted by Crippen LogP contribution is -2.21. The van der Waals surface area contributed by atoms with E-state index in [9.17, 15) is 4.79 Å². The Morgan fingerprint density at radius 2 is 2.04 bits per heavy atom. The van der Waals surface area contributed by atoms with Crippen LogP contribution in [-0.4, -0.2) is 17.9 Å². The molecular weight excluding hydrogens is 348 g/mol. The van der Waals surface area contributed by atoms with Gasteiger partial charge in [0.2, 0.25) is 5.91 Å². The Morgan fingerprint density at radius 3 is 2.70 bits per heavy atom. The zero-order valence-corrected chi connectivity index (χ0v) is 15.1. The van der Waals surface area contributed by atoms with E-state index in [0.717, 1.165) is 34.7 Å². The lowest BCUT2D eigenvalue weighted by atomic mass is 10.1. The molecule has 1 saturated carbocycles. The molecule has 0 atom stereocenters. The molecule has 0 unspecified atom stereocenters. The number of amides is 1. The molecule has 3 rings (SSSR count). The molecule has 1 fully saturated rings. The van der Waals surface area contributed by atoms with E-state index in [1.165, 1.54) is 4.88 Å². The SMILES string of the molecule is CSCc1ccc(C(=NNC(=O)C2CC2)c2ccc(Cl)cc2)s1. The molecule has 2 aromatic rings. The number of hydrogen-bond acceptors (Lipinski definition) is 4. The van der Waals surface area contributed by atoms with Crippen molar-refractivity contribution in [1.82, 2.24) is 5.43 Å². The number of carbonyl (C=O) groups excluding carboxylic acids is 1. The summed E-state index contributed by atoms with van der Waals surface area (Å²) in [7, 11) is 0. The van der Waals surface area contributed by atoms with Gasteiger partial charge in [0.1, 0.15) is 5.71 Å². The van der Waals surface area contributed by atoms with E-state index in [2.05, 4.69) is 28.9 Å². The zero-order chi connectivity index (χ0) is 16.2. The quantitative estimate of drug-likeness (QED) is 0.603. The number of hydrazone groups is 1. The summed E-state index contributed by atoms with van der Waals surface area (Å²) >= 11 is 9.47. The zero-order valence-electron chi connectivity index (χ0n) is 12.7. The maximum Gasteiger partial charge on any atom is 0.243 e. The Morgan fingerprint density at radius 1 is 1.30 bits per heavy atom. The first-order valence-corrected chi connectivity index (χ1v) is 9.97. The fourth-order valence-corrected chi connectivity index (χ4v) is 4.05. The first-order valence-electron chi connectivity index (χ1n) is 7.39. The Hall–Kier alpha value is -1.30. The molecule has 1 aromatic carbocycles. The van der Waals surface area contributed by atoms with Gasteiger partial charge in [0.15, 0.2) is 0 Å². The molecule has 120 valence electrons. The van der Waals surface area contributed by atoms with Gasteiger partial charge in [-0.25, -0.2) is 5.43 Å². The average Bonchev–Trinajstić information content (AvgIpc) is 3.30. The number of thiophene rings is 1. The van der Waals surface area contributed by atoms with Crippen molar-refractivity contribution in [3.63, 3.8) is 0 Å². The van der Waals surface area contributed by atoms with Gasteiger partial charge < -0.3 is 0 Å². The maximum atomic E-state index is 11.9. The number of nitrogens with zero attached hydrogens (tertiary/aromatic N) is 1. The van der Waals surface area contributed by atoms with Gasteiger partial charge in [0, 0.05) is 27.1 Å². The predicted octanol–water partition coefficient (Wildman–Crippen LogP) is 4.54. The van der Waals surface area contributed by atoms with E-state index in [0.29, 0.717) is 5.02 Å². The van der Waals surface area contributed by atoms with Gasteiger partial charge in [0.25, 0.3) is 0 Å². The Kier molecular flexibility index (Phi) is 5.41. The van der Waals surface area contributed by atoms with Crippen LogP contribution in [0.1, 0.15) is 28.2 Å². The van der Waals surface area contributed by atoms with Crippen LogP contribution in [0.5, 0.6) is 0 Å². The molecule has 1 aliphatic rings. The van der Waals surface area contributed by atoms with E-state index in [1.807, 2.05) is 24.3 Å². The Labute approximate surface area is 149 Å². The third kappa shape index (κ3) is 4.37. The molecule has 1 aromatic heterocycles. The molecule has 3 nitrogen and oxygen atoms in total. The van der Waals surface area contributed by atoms with E-state index in [4.69, 9.17) is 11.6 Å². The molecule has 1 aliphatic carbocycles. The number of rotatable bonds is 6.